The quantitative estimate of drug-likeness (QED) is 0.635. The summed E-state index contributed by atoms with van der Waals surface area (Å²) in [4.78, 5) is 12.3. The van der Waals surface area contributed by atoms with Gasteiger partial charge in [-0.3, -0.25) is 10.2 Å². The van der Waals surface area contributed by atoms with Gasteiger partial charge in [0.15, 0.2) is 0 Å². The van der Waals surface area contributed by atoms with Gasteiger partial charge >= 0.3 is 0 Å². The largest absolute Gasteiger partial charge is 0.348 e. The molecule has 4 rings (SSSR count). The Hall–Kier alpha value is -1.71. The van der Waals surface area contributed by atoms with Gasteiger partial charge in [-0.1, -0.05) is 24.2 Å². The number of anilines is 2. The van der Waals surface area contributed by atoms with Crippen molar-refractivity contribution in [3.05, 3.63) is 17.7 Å². The predicted octanol–water partition coefficient (Wildman–Crippen LogP) is 1.79. The summed E-state index contributed by atoms with van der Waals surface area (Å²) in [5.74, 6) is 0. The predicted molar refractivity (Wildman–Crippen MR) is 105 cm³/mol. The van der Waals surface area contributed by atoms with Gasteiger partial charge in [-0.25, -0.2) is 4.98 Å². The molecule has 9 heteroatoms. The third-order valence-electron chi connectivity index (χ3n) is 5.35. The zero-order chi connectivity index (χ0) is 17.8. The number of hydrogen-bond donors (Lipinski definition) is 3. The van der Waals surface area contributed by atoms with Crippen LogP contribution >= 0.6 is 11.3 Å². The Kier molecular flexibility index (Phi) is 5.66. The Morgan fingerprint density at radius 1 is 1.19 bits per heavy atom. The first-order valence-corrected chi connectivity index (χ1v) is 10.4. The van der Waals surface area contributed by atoms with E-state index in [0.29, 0.717) is 6.04 Å². The van der Waals surface area contributed by atoms with Gasteiger partial charge in [0.2, 0.25) is 10.3 Å². The lowest BCUT2D eigenvalue weighted by Gasteiger charge is -2.33. The van der Waals surface area contributed by atoms with E-state index in [-0.39, 0.29) is 0 Å². The molecule has 0 unspecified atom stereocenters. The van der Waals surface area contributed by atoms with Crippen molar-refractivity contribution in [1.29, 1.82) is 0 Å². The topological polar surface area (TPSA) is 85.0 Å². The van der Waals surface area contributed by atoms with Crippen molar-refractivity contribution in [3.63, 3.8) is 0 Å². The lowest BCUT2D eigenvalue weighted by Crippen LogP contribution is -2.46. The van der Waals surface area contributed by atoms with Gasteiger partial charge in [-0.15, -0.1) is 10.2 Å². The Bertz CT molecular complexity index is 685. The van der Waals surface area contributed by atoms with Crippen molar-refractivity contribution < 1.29 is 0 Å². The third kappa shape index (κ3) is 4.33. The minimum absolute atomic E-state index is 0.668. The summed E-state index contributed by atoms with van der Waals surface area (Å²) in [6, 6.07) is 0.668. The fourth-order valence-corrected chi connectivity index (χ4v) is 4.46. The minimum atomic E-state index is 0.668. The molecule has 142 valence electrons. The van der Waals surface area contributed by atoms with E-state index in [1.165, 1.54) is 31.4 Å². The number of nitrogens with zero attached hydrogens (tertiary/aromatic N) is 5. The molecule has 0 amide bonds. The first kappa shape index (κ1) is 17.7. The number of rotatable bonds is 7. The highest BCUT2D eigenvalue weighted by atomic mass is 32.1. The van der Waals surface area contributed by atoms with Gasteiger partial charge in [-0.05, 0) is 19.8 Å². The van der Waals surface area contributed by atoms with E-state index in [2.05, 4.69) is 47.5 Å². The number of aromatic nitrogens is 4. The number of hydrogen-bond acceptors (Lipinski definition) is 8. The van der Waals surface area contributed by atoms with Crippen molar-refractivity contribution in [3.8, 4) is 0 Å². The normalized spacial score (nSPS) is 19.3. The Balaban J connectivity index is 1.21. The summed E-state index contributed by atoms with van der Waals surface area (Å²) in [5, 5.41) is 17.5. The molecule has 3 heterocycles. The van der Waals surface area contributed by atoms with Gasteiger partial charge in [0.05, 0.1) is 18.7 Å². The summed E-state index contributed by atoms with van der Waals surface area (Å²) >= 11 is 1.65. The summed E-state index contributed by atoms with van der Waals surface area (Å²) < 4.78 is 0. The first-order valence-electron chi connectivity index (χ1n) is 9.55. The fourth-order valence-electron chi connectivity index (χ4n) is 3.67. The third-order valence-corrected chi connectivity index (χ3v) is 6.29. The second-order valence-electron chi connectivity index (χ2n) is 7.17. The van der Waals surface area contributed by atoms with Crippen LogP contribution in [0.3, 0.4) is 0 Å². The zero-order valence-electron chi connectivity index (χ0n) is 15.4. The number of aryl methyl sites for hydroxylation is 1. The van der Waals surface area contributed by atoms with Gasteiger partial charge < -0.3 is 15.2 Å². The van der Waals surface area contributed by atoms with Crippen LogP contribution in [0.4, 0.5) is 10.3 Å². The standard InChI is InChI=1S/C17H28N8S/c1-13-15(20-11-18-13)10-24-6-8-25(9-7-24)17-23-22-16(26-17)21-12-19-14-4-2-3-5-14/h11,14,19H,2-10,12H2,1H3,(H,18,20)(H,21,22). The monoisotopic (exact) mass is 376 g/mol. The molecule has 1 aliphatic heterocycles. The lowest BCUT2D eigenvalue weighted by atomic mass is 10.2. The van der Waals surface area contributed by atoms with Crippen LogP contribution in [0.15, 0.2) is 6.33 Å². The number of nitrogens with one attached hydrogen (secondary N) is 3. The van der Waals surface area contributed by atoms with Gasteiger partial charge in [-0.2, -0.15) is 0 Å². The molecule has 1 saturated carbocycles. The van der Waals surface area contributed by atoms with Crippen molar-refractivity contribution in [2.75, 3.05) is 43.1 Å². The number of H-pyrrole nitrogens is 1. The van der Waals surface area contributed by atoms with Crippen LogP contribution in [0.5, 0.6) is 0 Å². The van der Waals surface area contributed by atoms with Crippen LogP contribution in [0.1, 0.15) is 37.1 Å². The van der Waals surface area contributed by atoms with Gasteiger partial charge in [0.1, 0.15) is 0 Å². The molecule has 26 heavy (non-hydrogen) atoms. The molecule has 0 radical (unpaired) electrons. The lowest BCUT2D eigenvalue weighted by molar-refractivity contribution is 0.247. The molecule has 0 bridgehead atoms. The molecule has 0 atom stereocenters. The first-order chi connectivity index (χ1) is 12.8. The van der Waals surface area contributed by atoms with Crippen molar-refractivity contribution in [1.82, 2.24) is 30.4 Å². The van der Waals surface area contributed by atoms with Crippen LogP contribution in [0.2, 0.25) is 0 Å². The smallest absolute Gasteiger partial charge is 0.210 e. The molecule has 2 fully saturated rings. The Morgan fingerprint density at radius 2 is 2.00 bits per heavy atom. The van der Waals surface area contributed by atoms with E-state index in [1.54, 1.807) is 17.7 Å². The van der Waals surface area contributed by atoms with Crippen molar-refractivity contribution in [2.45, 2.75) is 45.2 Å². The summed E-state index contributed by atoms with van der Waals surface area (Å²) in [5.41, 5.74) is 2.31. The molecule has 1 saturated heterocycles. The van der Waals surface area contributed by atoms with Gasteiger partial charge in [0, 0.05) is 44.5 Å². The maximum absolute atomic E-state index is 4.40. The fraction of sp³-hybridized carbons (Fsp3) is 0.706. The average Bonchev–Trinajstić information content (AvgIpc) is 3.40. The molecule has 2 aromatic rings. The molecule has 3 N–H and O–H groups in total. The van der Waals surface area contributed by atoms with E-state index < -0.39 is 0 Å². The van der Waals surface area contributed by atoms with Crippen LogP contribution in [0.25, 0.3) is 0 Å². The zero-order valence-corrected chi connectivity index (χ0v) is 16.2. The second-order valence-corrected chi connectivity index (χ2v) is 8.12. The number of imidazole rings is 1. The molecule has 8 nitrogen and oxygen atoms in total. The van der Waals surface area contributed by atoms with Crippen LogP contribution in [0, 0.1) is 6.92 Å². The molecule has 2 aromatic heterocycles. The van der Waals surface area contributed by atoms with Crippen LogP contribution < -0.4 is 15.5 Å². The second kappa shape index (κ2) is 8.32. The van der Waals surface area contributed by atoms with Crippen LogP contribution in [-0.2, 0) is 6.54 Å². The SMILES string of the molecule is Cc1[nH]cnc1CN1CCN(c2nnc(NCNC3CCCC3)s2)CC1. The highest BCUT2D eigenvalue weighted by Gasteiger charge is 2.21. The maximum Gasteiger partial charge on any atom is 0.210 e. The molecule has 1 aliphatic carbocycles. The van der Waals surface area contributed by atoms with Crippen molar-refractivity contribution in [2.24, 2.45) is 0 Å². The van der Waals surface area contributed by atoms with E-state index >= 15 is 0 Å². The number of aromatic amines is 1. The van der Waals surface area contributed by atoms with E-state index in [1.807, 2.05) is 0 Å². The Morgan fingerprint density at radius 3 is 2.73 bits per heavy atom. The van der Waals surface area contributed by atoms with E-state index in [9.17, 15) is 0 Å². The van der Waals surface area contributed by atoms with E-state index in [0.717, 1.165) is 55.3 Å². The molecular weight excluding hydrogens is 348 g/mol. The number of piperazine rings is 1. The van der Waals surface area contributed by atoms with Crippen LogP contribution in [-0.4, -0.2) is 64.0 Å². The summed E-state index contributed by atoms with van der Waals surface area (Å²) in [6.45, 7) is 7.79. The highest BCUT2D eigenvalue weighted by molar-refractivity contribution is 7.19. The minimum Gasteiger partial charge on any atom is -0.348 e. The molecule has 0 aromatic carbocycles. The van der Waals surface area contributed by atoms with Gasteiger partial charge in [0.25, 0.3) is 0 Å². The summed E-state index contributed by atoms with van der Waals surface area (Å²) in [7, 11) is 0. The molecule has 2 aliphatic rings. The molecular formula is C17H28N8S. The van der Waals surface area contributed by atoms with E-state index in [4.69, 9.17) is 0 Å². The van der Waals surface area contributed by atoms with Crippen molar-refractivity contribution >= 4 is 21.6 Å². The highest BCUT2D eigenvalue weighted by Crippen LogP contribution is 2.25. The average molecular weight is 377 g/mol. The molecule has 0 spiro atoms. The Labute approximate surface area is 158 Å². The maximum atomic E-state index is 4.40. The summed E-state index contributed by atoms with van der Waals surface area (Å²) in [6.07, 6.45) is 7.08.